The molecule has 0 aliphatic rings. The van der Waals surface area contributed by atoms with Gasteiger partial charge in [-0.1, -0.05) is 15.9 Å². The molecule has 0 atom stereocenters. The fraction of sp³-hybridized carbons (Fsp3) is 0.333. The number of ether oxygens (including phenoxy) is 2. The number of carbonyl (C=O) groups excluding carboxylic acids is 2. The lowest BCUT2D eigenvalue weighted by atomic mass is 10.2. The van der Waals surface area contributed by atoms with Gasteiger partial charge in [-0.3, -0.25) is 9.59 Å². The second kappa shape index (κ2) is 9.61. The van der Waals surface area contributed by atoms with E-state index in [0.717, 1.165) is 4.47 Å². The zero-order valence-corrected chi connectivity index (χ0v) is 12.1. The van der Waals surface area contributed by atoms with E-state index in [1.54, 1.807) is 38.5 Å². The first-order valence-electron chi connectivity index (χ1n) is 5.05. The highest BCUT2D eigenvalue weighted by atomic mass is 79.9. The van der Waals surface area contributed by atoms with Gasteiger partial charge in [0, 0.05) is 24.3 Å². The van der Waals surface area contributed by atoms with E-state index in [9.17, 15) is 9.59 Å². The molecular weight excluding hydrogens is 302 g/mol. The lowest BCUT2D eigenvalue weighted by Gasteiger charge is -2.03. The molecule has 6 heteroatoms. The van der Waals surface area contributed by atoms with Gasteiger partial charge in [-0.2, -0.15) is 0 Å². The van der Waals surface area contributed by atoms with Gasteiger partial charge in [-0.25, -0.2) is 0 Å². The Bertz CT molecular complexity index is 378. The first-order valence-corrected chi connectivity index (χ1v) is 5.85. The highest BCUT2D eigenvalue weighted by Crippen LogP contribution is 2.10. The molecule has 0 aromatic heterocycles. The average Bonchev–Trinajstić information content (AvgIpc) is 2.37. The zero-order valence-electron chi connectivity index (χ0n) is 10.5. The molecular formula is C12H16BrNO4. The summed E-state index contributed by atoms with van der Waals surface area (Å²) in [7, 11) is 4.52. The molecule has 0 spiro atoms. The summed E-state index contributed by atoms with van der Waals surface area (Å²) in [6.07, 6.45) is 0. The Hall–Kier alpha value is -1.40. The van der Waals surface area contributed by atoms with Crippen LogP contribution in [-0.2, 0) is 14.3 Å². The molecule has 18 heavy (non-hydrogen) atoms. The van der Waals surface area contributed by atoms with Crippen LogP contribution in [0.1, 0.15) is 10.4 Å². The number of benzene rings is 1. The van der Waals surface area contributed by atoms with Gasteiger partial charge in [0.15, 0.2) is 0 Å². The van der Waals surface area contributed by atoms with Gasteiger partial charge in [-0.15, -0.1) is 0 Å². The van der Waals surface area contributed by atoms with Crippen LogP contribution in [-0.4, -0.2) is 39.8 Å². The Morgan fingerprint density at radius 3 is 2.11 bits per heavy atom. The summed E-state index contributed by atoms with van der Waals surface area (Å²) in [6, 6.07) is 6.84. The van der Waals surface area contributed by atoms with Crippen LogP contribution in [0.4, 0.5) is 0 Å². The van der Waals surface area contributed by atoms with Crippen molar-refractivity contribution in [2.24, 2.45) is 0 Å². The van der Waals surface area contributed by atoms with Crippen molar-refractivity contribution >= 4 is 27.8 Å². The third kappa shape index (κ3) is 7.03. The van der Waals surface area contributed by atoms with Crippen LogP contribution < -0.4 is 5.32 Å². The molecule has 0 aliphatic heterocycles. The Balaban J connectivity index is 0.000000873. The van der Waals surface area contributed by atoms with E-state index in [1.807, 2.05) is 0 Å². The van der Waals surface area contributed by atoms with E-state index >= 15 is 0 Å². The maximum atomic E-state index is 11.4. The summed E-state index contributed by atoms with van der Waals surface area (Å²) in [5.74, 6) is -0.770. The molecule has 0 radical (unpaired) electrons. The maximum absolute atomic E-state index is 11.4. The second-order valence-corrected chi connectivity index (χ2v) is 4.09. The average molecular weight is 318 g/mol. The molecule has 1 aromatic rings. The molecule has 0 unspecified atom stereocenters. The minimum atomic E-state index is -0.472. The number of rotatable bonds is 3. The monoisotopic (exact) mass is 317 g/mol. The Kier molecular flexibility index (Phi) is 8.86. The molecule has 0 bridgehead atoms. The Morgan fingerprint density at radius 1 is 1.17 bits per heavy atom. The molecule has 1 rings (SSSR count). The van der Waals surface area contributed by atoms with E-state index in [1.165, 1.54) is 7.11 Å². The summed E-state index contributed by atoms with van der Waals surface area (Å²) in [5, 5.41) is 2.44. The van der Waals surface area contributed by atoms with Crippen molar-refractivity contribution in [2.45, 2.75) is 0 Å². The number of methoxy groups -OCH3 is 2. The summed E-state index contributed by atoms with van der Waals surface area (Å²) >= 11 is 3.26. The molecule has 1 aromatic carbocycles. The quantitative estimate of drug-likeness (QED) is 0.860. The van der Waals surface area contributed by atoms with E-state index in [2.05, 4.69) is 30.7 Å². The summed E-state index contributed by atoms with van der Waals surface area (Å²) < 4.78 is 9.54. The van der Waals surface area contributed by atoms with E-state index < -0.39 is 5.97 Å². The molecule has 1 N–H and O–H groups in total. The minimum Gasteiger partial charge on any atom is -0.468 e. The first kappa shape index (κ1) is 16.6. The first-order chi connectivity index (χ1) is 8.54. The van der Waals surface area contributed by atoms with Gasteiger partial charge in [0.05, 0.1) is 7.11 Å². The van der Waals surface area contributed by atoms with E-state index in [0.29, 0.717) is 5.56 Å². The largest absolute Gasteiger partial charge is 0.468 e. The standard InChI is InChI=1S/C10H10BrNO3.C2H6O/c1-15-9(13)6-12-10(14)7-2-4-8(11)5-3-7;1-3-2/h2-5H,6H2,1H3,(H,12,14);1-2H3. The van der Waals surface area contributed by atoms with Crippen molar-refractivity contribution in [1.82, 2.24) is 5.32 Å². The number of nitrogens with one attached hydrogen (secondary N) is 1. The van der Waals surface area contributed by atoms with Crippen molar-refractivity contribution in [3.05, 3.63) is 34.3 Å². The molecule has 0 fully saturated rings. The number of hydrogen-bond donors (Lipinski definition) is 1. The topological polar surface area (TPSA) is 64.6 Å². The van der Waals surface area contributed by atoms with E-state index in [-0.39, 0.29) is 12.5 Å². The van der Waals surface area contributed by atoms with Crippen LogP contribution in [0.25, 0.3) is 0 Å². The lowest BCUT2D eigenvalue weighted by Crippen LogP contribution is -2.30. The second-order valence-electron chi connectivity index (χ2n) is 3.17. The van der Waals surface area contributed by atoms with Crippen LogP contribution in [0, 0.1) is 0 Å². The summed E-state index contributed by atoms with van der Waals surface area (Å²) in [6.45, 7) is -0.120. The van der Waals surface area contributed by atoms with Crippen molar-refractivity contribution in [2.75, 3.05) is 27.9 Å². The third-order valence-electron chi connectivity index (χ3n) is 1.73. The molecule has 100 valence electrons. The fourth-order valence-corrected chi connectivity index (χ4v) is 1.19. The van der Waals surface area contributed by atoms with Gasteiger partial charge >= 0.3 is 5.97 Å². The van der Waals surface area contributed by atoms with Crippen LogP contribution in [0.5, 0.6) is 0 Å². The normalized spacial score (nSPS) is 8.89. The fourth-order valence-electron chi connectivity index (χ4n) is 0.928. The molecule has 0 saturated carbocycles. The van der Waals surface area contributed by atoms with Gasteiger partial charge in [-0.05, 0) is 24.3 Å². The number of carbonyl (C=O) groups is 2. The molecule has 0 heterocycles. The highest BCUT2D eigenvalue weighted by Gasteiger charge is 2.07. The van der Waals surface area contributed by atoms with Crippen molar-refractivity contribution < 1.29 is 19.1 Å². The van der Waals surface area contributed by atoms with Crippen molar-refractivity contribution in [3.63, 3.8) is 0 Å². The number of hydrogen-bond acceptors (Lipinski definition) is 4. The molecule has 1 amide bonds. The van der Waals surface area contributed by atoms with Crippen LogP contribution >= 0.6 is 15.9 Å². The Morgan fingerprint density at radius 2 is 1.67 bits per heavy atom. The Labute approximate surface area is 115 Å². The SMILES string of the molecule is COC.COC(=O)CNC(=O)c1ccc(Br)cc1. The summed E-state index contributed by atoms with van der Waals surface area (Å²) in [5.41, 5.74) is 0.502. The predicted molar refractivity (Wildman–Crippen MR) is 71.4 cm³/mol. The number of halogens is 1. The molecule has 0 aliphatic carbocycles. The van der Waals surface area contributed by atoms with Crippen LogP contribution in [0.2, 0.25) is 0 Å². The van der Waals surface area contributed by atoms with Gasteiger partial charge in [0.25, 0.3) is 5.91 Å². The molecule has 0 saturated heterocycles. The maximum Gasteiger partial charge on any atom is 0.325 e. The molecule has 5 nitrogen and oxygen atoms in total. The third-order valence-corrected chi connectivity index (χ3v) is 2.26. The highest BCUT2D eigenvalue weighted by molar-refractivity contribution is 9.10. The van der Waals surface area contributed by atoms with Crippen molar-refractivity contribution in [1.29, 1.82) is 0 Å². The minimum absolute atomic E-state index is 0.120. The smallest absolute Gasteiger partial charge is 0.325 e. The lowest BCUT2D eigenvalue weighted by molar-refractivity contribution is -0.139. The van der Waals surface area contributed by atoms with Crippen LogP contribution in [0.15, 0.2) is 28.7 Å². The summed E-state index contributed by atoms with van der Waals surface area (Å²) in [4.78, 5) is 22.2. The van der Waals surface area contributed by atoms with E-state index in [4.69, 9.17) is 0 Å². The van der Waals surface area contributed by atoms with Gasteiger partial charge < -0.3 is 14.8 Å². The predicted octanol–water partition coefficient (Wildman–Crippen LogP) is 1.61. The number of esters is 1. The number of amides is 1. The van der Waals surface area contributed by atoms with Crippen molar-refractivity contribution in [3.8, 4) is 0 Å². The van der Waals surface area contributed by atoms with Crippen LogP contribution in [0.3, 0.4) is 0 Å². The zero-order chi connectivity index (χ0) is 14.0. The van der Waals surface area contributed by atoms with Gasteiger partial charge in [0.2, 0.25) is 0 Å². The van der Waals surface area contributed by atoms with Gasteiger partial charge in [0.1, 0.15) is 6.54 Å².